The first-order valence-electron chi connectivity index (χ1n) is 8.63. The monoisotopic (exact) mass is 375 g/mol. The molecule has 1 aromatic carbocycles. The zero-order chi connectivity index (χ0) is 18.1. The van der Waals surface area contributed by atoms with Crippen molar-refractivity contribution >= 4 is 21.0 Å². The predicted molar refractivity (Wildman–Crippen MR) is 96.8 cm³/mol. The van der Waals surface area contributed by atoms with E-state index in [1.807, 2.05) is 18.2 Å². The number of aromatic amines is 1. The maximum Gasteiger partial charge on any atom is 0.220 e. The van der Waals surface area contributed by atoms with Gasteiger partial charge in [0.1, 0.15) is 17.3 Å². The SMILES string of the molecule is CCN1CCN(S(=O)(=O)Cc2noc3ccccc23)C[C@H]1c1ncc[nH]1. The fraction of sp³-hybridized carbons (Fsp3) is 0.412. The van der Waals surface area contributed by atoms with Crippen LogP contribution in [0.15, 0.2) is 41.2 Å². The van der Waals surface area contributed by atoms with Gasteiger partial charge >= 0.3 is 0 Å². The average Bonchev–Trinajstić information content (AvgIpc) is 3.31. The number of nitrogens with one attached hydrogen (secondary N) is 1. The van der Waals surface area contributed by atoms with Crippen LogP contribution in [-0.4, -0.2) is 58.9 Å². The van der Waals surface area contributed by atoms with Crippen LogP contribution in [0.25, 0.3) is 11.0 Å². The Labute approximate surface area is 151 Å². The Morgan fingerprint density at radius 2 is 2.15 bits per heavy atom. The third-order valence-electron chi connectivity index (χ3n) is 4.86. The molecular weight excluding hydrogens is 354 g/mol. The Hall–Kier alpha value is -2.23. The zero-order valence-corrected chi connectivity index (χ0v) is 15.3. The van der Waals surface area contributed by atoms with Crippen molar-refractivity contribution in [3.8, 4) is 0 Å². The van der Waals surface area contributed by atoms with Crippen LogP contribution in [0.5, 0.6) is 0 Å². The van der Waals surface area contributed by atoms with Gasteiger partial charge in [-0.3, -0.25) is 4.90 Å². The molecule has 4 rings (SSSR count). The molecule has 26 heavy (non-hydrogen) atoms. The molecule has 1 aliphatic rings. The summed E-state index contributed by atoms with van der Waals surface area (Å²) in [7, 11) is -3.51. The van der Waals surface area contributed by atoms with Crippen LogP contribution in [0.3, 0.4) is 0 Å². The molecule has 0 spiro atoms. The van der Waals surface area contributed by atoms with E-state index in [9.17, 15) is 8.42 Å². The zero-order valence-electron chi connectivity index (χ0n) is 14.5. The van der Waals surface area contributed by atoms with E-state index in [0.717, 1.165) is 17.8 Å². The number of likely N-dealkylation sites (N-methyl/N-ethyl adjacent to an activating group) is 1. The molecule has 0 aliphatic carbocycles. The Morgan fingerprint density at radius 1 is 1.31 bits per heavy atom. The molecule has 0 bridgehead atoms. The van der Waals surface area contributed by atoms with Crippen LogP contribution in [0.2, 0.25) is 0 Å². The summed E-state index contributed by atoms with van der Waals surface area (Å²) in [6.45, 7) is 4.41. The van der Waals surface area contributed by atoms with Gasteiger partial charge in [-0.1, -0.05) is 24.2 Å². The molecule has 138 valence electrons. The minimum Gasteiger partial charge on any atom is -0.356 e. The Balaban J connectivity index is 1.57. The molecule has 3 heterocycles. The van der Waals surface area contributed by atoms with Crippen molar-refractivity contribution in [3.63, 3.8) is 0 Å². The number of nitrogens with zero attached hydrogens (tertiary/aromatic N) is 4. The summed E-state index contributed by atoms with van der Waals surface area (Å²) in [5.41, 5.74) is 1.05. The van der Waals surface area contributed by atoms with Gasteiger partial charge in [0.15, 0.2) is 5.58 Å². The second kappa shape index (κ2) is 6.82. The van der Waals surface area contributed by atoms with Gasteiger partial charge in [-0.25, -0.2) is 13.4 Å². The summed E-state index contributed by atoms with van der Waals surface area (Å²) in [4.78, 5) is 9.67. The molecule has 1 fully saturated rings. The number of fused-ring (bicyclic) bond motifs is 1. The number of aromatic nitrogens is 3. The van der Waals surface area contributed by atoms with Crippen LogP contribution in [-0.2, 0) is 15.8 Å². The largest absolute Gasteiger partial charge is 0.356 e. The quantitative estimate of drug-likeness (QED) is 0.730. The Bertz CT molecular complexity index is 983. The van der Waals surface area contributed by atoms with Crippen molar-refractivity contribution < 1.29 is 12.9 Å². The molecular formula is C17H21N5O3S. The number of rotatable bonds is 5. The molecule has 1 N–H and O–H groups in total. The standard InChI is InChI=1S/C17H21N5O3S/c1-2-21-9-10-22(11-15(21)17-18-7-8-19-17)26(23,24)12-14-13-5-3-4-6-16(13)25-20-14/h3-8,15H,2,9-12H2,1H3,(H,18,19)/t15-/m0/s1. The van der Waals surface area contributed by atoms with E-state index in [4.69, 9.17) is 4.52 Å². The second-order valence-corrected chi connectivity index (χ2v) is 8.33. The molecule has 9 heteroatoms. The normalized spacial score (nSPS) is 20.0. The molecule has 0 amide bonds. The van der Waals surface area contributed by atoms with Crippen LogP contribution in [0.4, 0.5) is 0 Å². The third kappa shape index (κ3) is 3.13. The molecule has 3 aromatic rings. The molecule has 1 saturated heterocycles. The summed E-state index contributed by atoms with van der Waals surface area (Å²) < 4.78 is 32.8. The number of hydrogen-bond acceptors (Lipinski definition) is 6. The summed E-state index contributed by atoms with van der Waals surface area (Å²) >= 11 is 0. The van der Waals surface area contributed by atoms with Gasteiger partial charge in [0.05, 0.1) is 6.04 Å². The van der Waals surface area contributed by atoms with Crippen molar-refractivity contribution in [2.24, 2.45) is 0 Å². The number of piperazine rings is 1. The minimum absolute atomic E-state index is 0.0763. The van der Waals surface area contributed by atoms with Gasteiger partial charge in [0, 0.05) is 37.4 Å². The van der Waals surface area contributed by atoms with E-state index in [0.29, 0.717) is 30.9 Å². The molecule has 2 aromatic heterocycles. The summed E-state index contributed by atoms with van der Waals surface area (Å²) in [5.74, 6) is 0.625. The van der Waals surface area contributed by atoms with E-state index in [-0.39, 0.29) is 11.8 Å². The first-order valence-corrected chi connectivity index (χ1v) is 10.2. The molecule has 1 atom stereocenters. The lowest BCUT2D eigenvalue weighted by molar-refractivity contribution is 0.119. The van der Waals surface area contributed by atoms with Crippen LogP contribution in [0, 0.1) is 0 Å². The summed E-state index contributed by atoms with van der Waals surface area (Å²) in [6, 6.07) is 7.22. The van der Waals surface area contributed by atoms with Gasteiger partial charge in [-0.2, -0.15) is 4.31 Å². The lowest BCUT2D eigenvalue weighted by Gasteiger charge is -2.39. The number of para-hydroxylation sites is 1. The smallest absolute Gasteiger partial charge is 0.220 e. The van der Waals surface area contributed by atoms with Gasteiger partial charge < -0.3 is 9.51 Å². The molecule has 0 radical (unpaired) electrons. The average molecular weight is 375 g/mol. The number of hydrogen-bond donors (Lipinski definition) is 1. The first-order chi connectivity index (χ1) is 12.6. The number of imidazole rings is 1. The van der Waals surface area contributed by atoms with Crippen molar-refractivity contribution in [2.45, 2.75) is 18.7 Å². The van der Waals surface area contributed by atoms with Crippen molar-refractivity contribution in [2.75, 3.05) is 26.2 Å². The lowest BCUT2D eigenvalue weighted by Crippen LogP contribution is -2.50. The molecule has 0 saturated carbocycles. The highest BCUT2D eigenvalue weighted by Gasteiger charge is 2.35. The van der Waals surface area contributed by atoms with E-state index < -0.39 is 10.0 Å². The predicted octanol–water partition coefficient (Wildman–Crippen LogP) is 1.76. The van der Waals surface area contributed by atoms with E-state index >= 15 is 0 Å². The van der Waals surface area contributed by atoms with E-state index in [1.54, 1.807) is 18.5 Å². The van der Waals surface area contributed by atoms with Crippen LogP contribution < -0.4 is 0 Å². The first kappa shape index (κ1) is 17.2. The second-order valence-electron chi connectivity index (χ2n) is 6.36. The molecule has 8 nitrogen and oxygen atoms in total. The van der Waals surface area contributed by atoms with Crippen molar-refractivity contribution in [3.05, 3.63) is 48.2 Å². The fourth-order valence-corrected chi connectivity index (χ4v) is 4.92. The maximum atomic E-state index is 13.0. The lowest BCUT2D eigenvalue weighted by atomic mass is 10.2. The van der Waals surface area contributed by atoms with Crippen LogP contribution >= 0.6 is 0 Å². The Morgan fingerprint density at radius 3 is 2.92 bits per heavy atom. The molecule has 0 unspecified atom stereocenters. The third-order valence-corrected chi connectivity index (χ3v) is 6.62. The highest BCUT2D eigenvalue weighted by atomic mass is 32.2. The van der Waals surface area contributed by atoms with Crippen LogP contribution in [0.1, 0.15) is 24.5 Å². The highest BCUT2D eigenvalue weighted by molar-refractivity contribution is 7.88. The van der Waals surface area contributed by atoms with Gasteiger partial charge in [0.2, 0.25) is 10.0 Å². The molecule has 1 aliphatic heterocycles. The van der Waals surface area contributed by atoms with Gasteiger partial charge in [-0.15, -0.1) is 0 Å². The summed E-state index contributed by atoms with van der Waals surface area (Å²) in [6.07, 6.45) is 3.45. The van der Waals surface area contributed by atoms with Crippen molar-refractivity contribution in [1.82, 2.24) is 24.3 Å². The van der Waals surface area contributed by atoms with E-state index in [2.05, 4.69) is 26.9 Å². The summed E-state index contributed by atoms with van der Waals surface area (Å²) in [5, 5.41) is 4.71. The maximum absolute atomic E-state index is 13.0. The Kier molecular flexibility index (Phi) is 4.51. The minimum atomic E-state index is -3.51. The van der Waals surface area contributed by atoms with Crippen molar-refractivity contribution in [1.29, 1.82) is 0 Å². The van der Waals surface area contributed by atoms with Gasteiger partial charge in [0.25, 0.3) is 0 Å². The topological polar surface area (TPSA) is 95.3 Å². The van der Waals surface area contributed by atoms with E-state index in [1.165, 1.54) is 4.31 Å². The number of benzene rings is 1. The van der Waals surface area contributed by atoms with Gasteiger partial charge in [-0.05, 0) is 18.7 Å². The number of H-pyrrole nitrogens is 1. The highest BCUT2D eigenvalue weighted by Crippen LogP contribution is 2.27. The fourth-order valence-electron chi connectivity index (χ4n) is 3.45. The number of sulfonamides is 1.